The van der Waals surface area contributed by atoms with Crippen molar-refractivity contribution in [1.29, 1.82) is 0 Å². The van der Waals surface area contributed by atoms with Crippen molar-refractivity contribution in [2.24, 2.45) is 0 Å². The number of hydrogen-bond donors (Lipinski definition) is 0. The molecule has 11 aromatic carbocycles. The second-order valence-corrected chi connectivity index (χ2v) is 16.5. The fourth-order valence-corrected chi connectivity index (χ4v) is 9.68. The number of rotatable bonds is 8. The zero-order valence-electron chi connectivity index (χ0n) is 35.1. The molecule has 0 fully saturated rings. The van der Waals surface area contributed by atoms with Crippen molar-refractivity contribution >= 4 is 60.4 Å². The summed E-state index contributed by atoms with van der Waals surface area (Å²) in [6, 6.07) is 92.6. The Morgan fingerprint density at radius 3 is 1.41 bits per heavy atom. The lowest BCUT2D eigenvalue weighted by molar-refractivity contribution is 1.18. The minimum atomic E-state index is 1.10. The van der Waals surface area contributed by atoms with Gasteiger partial charge in [-0.15, -0.1) is 0 Å². The van der Waals surface area contributed by atoms with Gasteiger partial charge < -0.3 is 9.47 Å². The molecule has 12 rings (SSSR count). The first-order valence-corrected chi connectivity index (χ1v) is 22.0. The van der Waals surface area contributed by atoms with E-state index in [2.05, 4.69) is 264 Å². The molecule has 0 saturated heterocycles. The van der Waals surface area contributed by atoms with Crippen LogP contribution in [0.4, 0.5) is 17.1 Å². The molecule has 0 aliphatic carbocycles. The first-order chi connectivity index (χ1) is 31.7. The molecule has 2 nitrogen and oxygen atoms in total. The maximum absolute atomic E-state index is 2.38. The van der Waals surface area contributed by atoms with Gasteiger partial charge in [0.25, 0.3) is 0 Å². The van der Waals surface area contributed by atoms with E-state index in [-0.39, 0.29) is 0 Å². The molecule has 0 amide bonds. The summed E-state index contributed by atoms with van der Waals surface area (Å²) < 4.78 is 2.37. The topological polar surface area (TPSA) is 8.17 Å². The summed E-state index contributed by atoms with van der Waals surface area (Å²) in [6.45, 7) is 0. The number of para-hydroxylation sites is 2. The van der Waals surface area contributed by atoms with Crippen LogP contribution in [0.3, 0.4) is 0 Å². The molecule has 0 saturated carbocycles. The smallest absolute Gasteiger partial charge is 0.0541 e. The van der Waals surface area contributed by atoms with Crippen LogP contribution >= 0.6 is 0 Å². The van der Waals surface area contributed by atoms with Gasteiger partial charge in [-0.25, -0.2) is 0 Å². The molecule has 2 heteroatoms. The van der Waals surface area contributed by atoms with E-state index in [1.807, 2.05) is 0 Å². The van der Waals surface area contributed by atoms with Crippen molar-refractivity contribution in [3.63, 3.8) is 0 Å². The molecular weight excluding hydrogens is 773 g/mol. The number of benzene rings is 11. The third kappa shape index (κ3) is 6.61. The van der Waals surface area contributed by atoms with E-state index < -0.39 is 0 Å². The SMILES string of the molecule is c1ccc(-c2cccc3cccc(-c4ccc(N(c5cccc(-c6ccc(-c7ccc(-n8c9ccccc9c9ccccc98)cc7)cc6)c5)c5ccc6ccccc6c5)cc4)c23)cc1. The zero-order chi connectivity index (χ0) is 42.4. The number of nitrogens with zero attached hydrogens (tertiary/aromatic N) is 2. The highest BCUT2D eigenvalue weighted by Gasteiger charge is 2.17. The molecule has 64 heavy (non-hydrogen) atoms. The van der Waals surface area contributed by atoms with Crippen LogP contribution in [-0.4, -0.2) is 4.57 Å². The van der Waals surface area contributed by atoms with Crippen molar-refractivity contribution in [3.05, 3.63) is 255 Å². The number of anilines is 3. The second-order valence-electron chi connectivity index (χ2n) is 16.5. The number of aromatic nitrogens is 1. The molecule has 0 atom stereocenters. The lowest BCUT2D eigenvalue weighted by Crippen LogP contribution is -2.10. The minimum Gasteiger partial charge on any atom is -0.310 e. The molecule has 0 N–H and O–H groups in total. The Hall–Kier alpha value is -8.46. The Labute approximate surface area is 373 Å². The third-order valence-corrected chi connectivity index (χ3v) is 12.8. The molecular formula is C62H42N2. The van der Waals surface area contributed by atoms with Crippen molar-refractivity contribution in [2.75, 3.05) is 4.90 Å². The summed E-state index contributed by atoms with van der Waals surface area (Å²) in [5.74, 6) is 0. The van der Waals surface area contributed by atoms with Gasteiger partial charge in [0, 0.05) is 33.5 Å². The van der Waals surface area contributed by atoms with Crippen LogP contribution in [-0.2, 0) is 0 Å². The first-order valence-electron chi connectivity index (χ1n) is 22.0. The number of hydrogen-bond acceptors (Lipinski definition) is 1. The normalized spacial score (nSPS) is 11.4. The zero-order valence-corrected chi connectivity index (χ0v) is 35.1. The highest BCUT2D eigenvalue weighted by Crippen LogP contribution is 2.41. The van der Waals surface area contributed by atoms with Crippen LogP contribution in [0.1, 0.15) is 0 Å². The van der Waals surface area contributed by atoms with Crippen molar-refractivity contribution in [2.45, 2.75) is 0 Å². The van der Waals surface area contributed by atoms with E-state index in [1.165, 1.54) is 82.3 Å². The van der Waals surface area contributed by atoms with Gasteiger partial charge in [-0.2, -0.15) is 0 Å². The monoisotopic (exact) mass is 814 g/mol. The second kappa shape index (κ2) is 15.8. The Kier molecular flexibility index (Phi) is 9.20. The van der Waals surface area contributed by atoms with Crippen LogP contribution in [0.25, 0.3) is 93.5 Å². The molecule has 0 bridgehead atoms. The Balaban J connectivity index is 0.885. The standard InChI is InChI=1S/C62H42N2/c1-2-14-47(15-3-1)56-23-11-17-49-18-12-24-57(62(49)56)48-34-38-52(39-35-48)63(55-40-33-43-13-4-5-16-50(43)42-55)54-20-10-19-51(41-54)46-29-27-44(28-30-46)45-31-36-53(37-32-45)64-60-25-8-6-21-58(60)59-22-7-9-26-61(59)64/h1-42H. The van der Waals surface area contributed by atoms with Gasteiger partial charge in [-0.3, -0.25) is 0 Å². The van der Waals surface area contributed by atoms with Gasteiger partial charge in [-0.05, 0) is 127 Å². The van der Waals surface area contributed by atoms with Gasteiger partial charge in [0.15, 0.2) is 0 Å². The lowest BCUT2D eigenvalue weighted by atomic mass is 9.91. The Morgan fingerprint density at radius 1 is 0.266 bits per heavy atom. The Morgan fingerprint density at radius 2 is 0.734 bits per heavy atom. The van der Waals surface area contributed by atoms with E-state index in [1.54, 1.807) is 0 Å². The minimum absolute atomic E-state index is 1.10. The van der Waals surface area contributed by atoms with Crippen LogP contribution in [0.15, 0.2) is 255 Å². The summed E-state index contributed by atoms with van der Waals surface area (Å²) in [6.07, 6.45) is 0. The molecule has 300 valence electrons. The average molecular weight is 815 g/mol. The maximum Gasteiger partial charge on any atom is 0.0541 e. The third-order valence-electron chi connectivity index (χ3n) is 12.8. The van der Waals surface area contributed by atoms with Gasteiger partial charge in [-0.1, -0.05) is 194 Å². The predicted octanol–water partition coefficient (Wildman–Crippen LogP) is 17.2. The van der Waals surface area contributed by atoms with Gasteiger partial charge in [0.1, 0.15) is 0 Å². The van der Waals surface area contributed by atoms with Crippen LogP contribution in [0.5, 0.6) is 0 Å². The molecule has 12 aromatic rings. The molecule has 0 aliphatic rings. The van der Waals surface area contributed by atoms with Crippen molar-refractivity contribution < 1.29 is 0 Å². The molecule has 1 heterocycles. The molecule has 0 spiro atoms. The van der Waals surface area contributed by atoms with Crippen LogP contribution < -0.4 is 4.90 Å². The molecule has 0 radical (unpaired) electrons. The van der Waals surface area contributed by atoms with E-state index >= 15 is 0 Å². The van der Waals surface area contributed by atoms with Gasteiger partial charge in [0.2, 0.25) is 0 Å². The van der Waals surface area contributed by atoms with Crippen molar-refractivity contribution in [1.82, 2.24) is 4.57 Å². The van der Waals surface area contributed by atoms with Gasteiger partial charge >= 0.3 is 0 Å². The van der Waals surface area contributed by atoms with E-state index in [0.29, 0.717) is 0 Å². The summed E-state index contributed by atoms with van der Waals surface area (Å²) >= 11 is 0. The number of fused-ring (bicyclic) bond motifs is 5. The average Bonchev–Trinajstić information content (AvgIpc) is 3.71. The predicted molar refractivity (Wildman–Crippen MR) is 272 cm³/mol. The summed E-state index contributed by atoms with van der Waals surface area (Å²) in [5, 5.41) is 7.48. The van der Waals surface area contributed by atoms with Crippen LogP contribution in [0.2, 0.25) is 0 Å². The summed E-state index contributed by atoms with van der Waals surface area (Å²) in [4.78, 5) is 2.38. The Bertz CT molecular complexity index is 3580. The first kappa shape index (κ1) is 37.3. The van der Waals surface area contributed by atoms with Crippen molar-refractivity contribution in [3.8, 4) is 50.2 Å². The quantitative estimate of drug-likeness (QED) is 0.148. The summed E-state index contributed by atoms with van der Waals surface area (Å²) in [7, 11) is 0. The maximum atomic E-state index is 2.38. The lowest BCUT2D eigenvalue weighted by Gasteiger charge is -2.26. The van der Waals surface area contributed by atoms with E-state index in [4.69, 9.17) is 0 Å². The van der Waals surface area contributed by atoms with Gasteiger partial charge in [0.05, 0.1) is 11.0 Å². The molecule has 0 aliphatic heterocycles. The summed E-state index contributed by atoms with van der Waals surface area (Å²) in [5.41, 5.74) is 16.5. The molecule has 0 unspecified atom stereocenters. The van der Waals surface area contributed by atoms with Crippen LogP contribution in [0, 0.1) is 0 Å². The molecule has 1 aromatic heterocycles. The fourth-order valence-electron chi connectivity index (χ4n) is 9.68. The highest BCUT2D eigenvalue weighted by atomic mass is 15.1. The largest absolute Gasteiger partial charge is 0.310 e. The van der Waals surface area contributed by atoms with E-state index in [0.717, 1.165) is 28.3 Å². The highest BCUT2D eigenvalue weighted by molar-refractivity contribution is 6.09. The van der Waals surface area contributed by atoms with E-state index in [9.17, 15) is 0 Å². The fraction of sp³-hybridized carbons (Fsp3) is 0.